The fraction of sp³-hybridized carbons (Fsp3) is 0. The Morgan fingerprint density at radius 1 is 0.919 bits per heavy atom. The summed E-state index contributed by atoms with van der Waals surface area (Å²) in [7, 11) is -4.68. The van der Waals surface area contributed by atoms with Gasteiger partial charge in [-0.25, -0.2) is 0 Å². The third-order valence-corrected chi connectivity index (χ3v) is 6.28. The molecule has 37 heavy (non-hydrogen) atoms. The lowest BCUT2D eigenvalue weighted by Crippen LogP contribution is -2.43. The fourth-order valence-electron chi connectivity index (χ4n) is 3.77. The van der Waals surface area contributed by atoms with Crippen molar-refractivity contribution in [2.24, 2.45) is 0 Å². The van der Waals surface area contributed by atoms with Crippen LogP contribution in [-0.4, -0.2) is 42.8 Å². The number of tetrazole rings is 1. The molecular weight excluding hydrogens is 506 g/mol. The van der Waals surface area contributed by atoms with Gasteiger partial charge in [0.15, 0.2) is 5.69 Å². The summed E-state index contributed by atoms with van der Waals surface area (Å²) >= 11 is 0. The van der Waals surface area contributed by atoms with E-state index >= 15 is 0 Å². The van der Waals surface area contributed by atoms with Crippen molar-refractivity contribution in [1.82, 2.24) is 20.0 Å². The molecule has 0 unspecified atom stereocenters. The molecule has 5 aromatic rings. The Labute approximate surface area is 207 Å². The van der Waals surface area contributed by atoms with E-state index in [2.05, 4.69) is 15.2 Å². The highest BCUT2D eigenvalue weighted by atomic mass is 32.2. The van der Waals surface area contributed by atoms with Crippen LogP contribution in [0.25, 0.3) is 33.7 Å². The van der Waals surface area contributed by atoms with Crippen molar-refractivity contribution in [3.05, 3.63) is 99.2 Å². The van der Waals surface area contributed by atoms with Gasteiger partial charge in [0.1, 0.15) is 10.4 Å². The van der Waals surface area contributed by atoms with Gasteiger partial charge in [-0.15, -0.1) is 0 Å². The van der Waals surface area contributed by atoms with Crippen LogP contribution < -0.4 is 4.80 Å². The Morgan fingerprint density at radius 2 is 1.68 bits per heavy atom. The van der Waals surface area contributed by atoms with Crippen molar-refractivity contribution in [3.8, 4) is 22.8 Å². The van der Waals surface area contributed by atoms with Crippen LogP contribution >= 0.6 is 0 Å². The molecule has 0 aliphatic rings. The second-order valence-electron chi connectivity index (χ2n) is 7.61. The number of nitrogens with zero attached hydrogens (tertiary/aromatic N) is 7. The van der Waals surface area contributed by atoms with Crippen LogP contribution in [0.2, 0.25) is 0 Å². The molecule has 184 valence electrons. The van der Waals surface area contributed by atoms with Gasteiger partial charge in [-0.2, -0.15) is 8.42 Å². The number of nitro groups is 2. The van der Waals surface area contributed by atoms with Gasteiger partial charge in [0, 0.05) is 28.5 Å². The molecule has 0 atom stereocenters. The lowest BCUT2D eigenvalue weighted by Gasteiger charge is -2.04. The maximum Gasteiger partial charge on any atom is 0.341 e. The summed E-state index contributed by atoms with van der Waals surface area (Å²) in [6.07, 6.45) is 1.54. The Hall–Kier alpha value is -5.15. The molecule has 0 amide bonds. The number of pyridine rings is 1. The monoisotopic (exact) mass is 520 g/mol. The van der Waals surface area contributed by atoms with E-state index in [1.807, 2.05) is 0 Å². The van der Waals surface area contributed by atoms with Gasteiger partial charge in [0.25, 0.3) is 21.5 Å². The van der Waals surface area contributed by atoms with Crippen molar-refractivity contribution in [2.45, 2.75) is 4.90 Å². The normalized spacial score (nSPS) is 11.5. The lowest BCUT2D eigenvalue weighted by atomic mass is 10.2. The zero-order valence-electron chi connectivity index (χ0n) is 18.4. The molecule has 0 bridgehead atoms. The Balaban J connectivity index is 1.86. The van der Waals surface area contributed by atoms with Gasteiger partial charge >= 0.3 is 11.5 Å². The number of benzene rings is 3. The van der Waals surface area contributed by atoms with Crippen molar-refractivity contribution in [2.75, 3.05) is 0 Å². The SMILES string of the molecule is O=[N+]([O-])c1ccc(-[n+]2nc(-c3ccccc3S(=O)(=O)O)nn2-c2cccc3cccnc23)c([N+](=O)[O-])c1. The molecule has 0 saturated carbocycles. The third-order valence-electron chi connectivity index (χ3n) is 5.37. The van der Waals surface area contributed by atoms with Gasteiger partial charge in [0.05, 0.1) is 26.6 Å². The first kappa shape index (κ1) is 23.6. The number of para-hydroxylation sites is 1. The molecule has 5 rings (SSSR count). The van der Waals surface area contributed by atoms with E-state index in [0.29, 0.717) is 16.6 Å². The molecule has 3 aromatic carbocycles. The number of nitro benzene ring substituents is 2. The first-order valence-electron chi connectivity index (χ1n) is 10.4. The smallest absolute Gasteiger partial charge is 0.282 e. The van der Waals surface area contributed by atoms with E-state index in [9.17, 15) is 33.2 Å². The summed E-state index contributed by atoms with van der Waals surface area (Å²) in [4.78, 5) is 27.6. The highest BCUT2D eigenvalue weighted by molar-refractivity contribution is 7.86. The molecule has 2 heterocycles. The van der Waals surface area contributed by atoms with Crippen molar-refractivity contribution in [1.29, 1.82) is 0 Å². The largest absolute Gasteiger partial charge is 0.341 e. The minimum atomic E-state index is -4.68. The van der Waals surface area contributed by atoms with E-state index < -0.39 is 36.2 Å². The molecular formula is C22H14N7O7S+. The number of hydrogen-bond donors (Lipinski definition) is 1. The van der Waals surface area contributed by atoms with Crippen LogP contribution in [0.3, 0.4) is 0 Å². The van der Waals surface area contributed by atoms with Crippen molar-refractivity contribution < 1.29 is 27.6 Å². The highest BCUT2D eigenvalue weighted by Gasteiger charge is 2.33. The fourth-order valence-corrected chi connectivity index (χ4v) is 4.46. The minimum Gasteiger partial charge on any atom is -0.282 e. The number of hydrogen-bond acceptors (Lipinski definition) is 9. The highest BCUT2D eigenvalue weighted by Crippen LogP contribution is 2.28. The molecule has 14 nitrogen and oxygen atoms in total. The van der Waals surface area contributed by atoms with E-state index in [0.717, 1.165) is 29.1 Å². The summed E-state index contributed by atoms with van der Waals surface area (Å²) in [5.41, 5.74) is -0.639. The zero-order chi connectivity index (χ0) is 26.3. The molecule has 15 heteroatoms. The van der Waals surface area contributed by atoms with Crippen LogP contribution in [0, 0.1) is 20.2 Å². The van der Waals surface area contributed by atoms with Crippen molar-refractivity contribution in [3.63, 3.8) is 0 Å². The summed E-state index contributed by atoms with van der Waals surface area (Å²) in [5.74, 6) is -0.200. The molecule has 1 N–H and O–H groups in total. The Bertz CT molecular complexity index is 1830. The molecule has 0 spiro atoms. The standard InChI is InChI=1S/C22H13N7O7S/c30-28(31)15-10-11-17(19(13-15)29(32)33)26-24-22(16-7-1-2-9-20(16)37(34,35)36)25-27(26)18-8-3-5-14-6-4-12-23-21(14)18/h1-13H/p+1. The first-order valence-corrected chi connectivity index (χ1v) is 11.8. The maximum absolute atomic E-state index is 12.0. The quantitative estimate of drug-likeness (QED) is 0.151. The summed E-state index contributed by atoms with van der Waals surface area (Å²) < 4.78 is 33.7. The molecule has 0 radical (unpaired) electrons. The van der Waals surface area contributed by atoms with Crippen LogP contribution in [-0.2, 0) is 10.1 Å². The van der Waals surface area contributed by atoms with Crippen LogP contribution in [0.4, 0.5) is 11.4 Å². The summed E-state index contributed by atoms with van der Waals surface area (Å²) in [6, 6.07) is 17.0. The van der Waals surface area contributed by atoms with Crippen LogP contribution in [0.1, 0.15) is 0 Å². The molecule has 2 aromatic heterocycles. The number of non-ortho nitro benzene ring substituents is 1. The van der Waals surface area contributed by atoms with Crippen LogP contribution in [0.15, 0.2) is 83.9 Å². The van der Waals surface area contributed by atoms with E-state index in [-0.39, 0.29) is 17.1 Å². The topological polar surface area (TPSA) is 188 Å². The second kappa shape index (κ2) is 8.81. The average molecular weight is 520 g/mol. The first-order chi connectivity index (χ1) is 17.6. The van der Waals surface area contributed by atoms with E-state index in [1.165, 1.54) is 29.2 Å². The molecule has 0 aliphatic carbocycles. The zero-order valence-corrected chi connectivity index (χ0v) is 19.3. The molecule has 0 saturated heterocycles. The average Bonchev–Trinajstić information content (AvgIpc) is 3.32. The summed E-state index contributed by atoms with van der Waals surface area (Å²) in [6.45, 7) is 0. The van der Waals surface area contributed by atoms with Gasteiger partial charge in [-0.05, 0) is 34.2 Å². The number of fused-ring (bicyclic) bond motifs is 1. The van der Waals surface area contributed by atoms with Gasteiger partial charge in [0.2, 0.25) is 0 Å². The third kappa shape index (κ3) is 4.24. The predicted molar refractivity (Wildman–Crippen MR) is 127 cm³/mol. The Morgan fingerprint density at radius 3 is 2.41 bits per heavy atom. The summed E-state index contributed by atoms with van der Waals surface area (Å²) in [5, 5.41) is 32.5. The Kier molecular flexibility index (Phi) is 5.62. The van der Waals surface area contributed by atoms with Gasteiger partial charge in [-0.3, -0.25) is 29.8 Å². The number of aromatic nitrogens is 5. The predicted octanol–water partition coefficient (Wildman–Crippen LogP) is 2.82. The second-order valence-corrected chi connectivity index (χ2v) is 9.00. The number of rotatable bonds is 6. The van der Waals surface area contributed by atoms with Crippen molar-refractivity contribution >= 4 is 32.4 Å². The minimum absolute atomic E-state index is 0.0738. The molecule has 0 aliphatic heterocycles. The van der Waals surface area contributed by atoms with Gasteiger partial charge in [-0.1, -0.05) is 30.3 Å². The van der Waals surface area contributed by atoms with E-state index in [4.69, 9.17) is 0 Å². The lowest BCUT2D eigenvalue weighted by molar-refractivity contribution is -0.736. The van der Waals surface area contributed by atoms with E-state index in [1.54, 1.807) is 30.3 Å². The van der Waals surface area contributed by atoms with Gasteiger partial charge < -0.3 is 0 Å². The maximum atomic E-state index is 12.0. The molecule has 0 fully saturated rings. The van der Waals surface area contributed by atoms with Crippen LogP contribution in [0.5, 0.6) is 0 Å².